The van der Waals surface area contributed by atoms with Crippen LogP contribution in [0.2, 0.25) is 0 Å². The molecule has 9 heteroatoms. The van der Waals surface area contributed by atoms with Crippen LogP contribution in [0, 0.1) is 5.92 Å². The largest absolute Gasteiger partial charge is 0.383 e. The third kappa shape index (κ3) is 5.47. The molecular formula is C21H30N4O4S. The molecule has 1 aromatic carbocycles. The van der Waals surface area contributed by atoms with Gasteiger partial charge in [-0.3, -0.25) is 23.3 Å². The molecule has 2 rings (SSSR count). The zero-order valence-electron chi connectivity index (χ0n) is 17.9. The molecule has 0 saturated heterocycles. The average Bonchev–Trinajstić information content (AvgIpc) is 2.69. The third-order valence-corrected chi connectivity index (χ3v) is 5.76. The first-order chi connectivity index (χ1) is 14.2. The fourth-order valence-electron chi connectivity index (χ4n) is 3.02. The fourth-order valence-corrected chi connectivity index (χ4v) is 3.54. The Morgan fingerprint density at radius 1 is 1.23 bits per heavy atom. The van der Waals surface area contributed by atoms with Crippen molar-refractivity contribution in [1.82, 2.24) is 9.55 Å². The number of nitrogens with two attached hydrogens (primary N) is 1. The van der Waals surface area contributed by atoms with Crippen LogP contribution in [0.5, 0.6) is 0 Å². The summed E-state index contributed by atoms with van der Waals surface area (Å²) in [7, 11) is -1.16. The van der Waals surface area contributed by atoms with E-state index < -0.39 is 28.0 Å². The standard InChI is InChI=1S/C21H30N4O4S/c1-5-6-12-25-18(22)17(19(26)23-21(25)28)24(13-11-14(2)3)20(27)15-7-9-16(10-8-15)30(4)29/h7-10,14H,5-6,11-13,22H2,1-4H3,(H,23,26,28). The number of hydrogen-bond acceptors (Lipinski definition) is 5. The minimum atomic E-state index is -1.16. The number of nitrogens with zero attached hydrogens (tertiary/aromatic N) is 2. The Balaban J connectivity index is 2.56. The Kier molecular flexibility index (Phi) is 8.16. The predicted molar refractivity (Wildman–Crippen MR) is 121 cm³/mol. The van der Waals surface area contributed by atoms with E-state index >= 15 is 0 Å². The molecule has 0 spiro atoms. The maximum absolute atomic E-state index is 13.3. The second-order valence-corrected chi connectivity index (χ2v) is 9.00. The van der Waals surface area contributed by atoms with Crippen molar-refractivity contribution >= 4 is 28.2 Å². The minimum absolute atomic E-state index is 0.0133. The molecule has 1 atom stereocenters. The van der Waals surface area contributed by atoms with Gasteiger partial charge in [-0.1, -0.05) is 27.2 Å². The van der Waals surface area contributed by atoms with Gasteiger partial charge in [0.05, 0.1) is 0 Å². The van der Waals surface area contributed by atoms with E-state index in [1.54, 1.807) is 30.5 Å². The molecule has 2 aromatic rings. The van der Waals surface area contributed by atoms with Crippen LogP contribution in [-0.4, -0.2) is 32.5 Å². The van der Waals surface area contributed by atoms with Crippen molar-refractivity contribution in [3.8, 4) is 0 Å². The number of rotatable bonds is 9. The Labute approximate surface area is 178 Å². The first-order valence-electron chi connectivity index (χ1n) is 10.0. The van der Waals surface area contributed by atoms with Gasteiger partial charge in [0.25, 0.3) is 11.5 Å². The summed E-state index contributed by atoms with van der Waals surface area (Å²) in [4.78, 5) is 42.5. The molecule has 1 unspecified atom stereocenters. The Hall–Kier alpha value is -2.68. The second-order valence-electron chi connectivity index (χ2n) is 7.62. The number of nitrogen functional groups attached to an aromatic ring is 1. The number of carbonyl (C=O) groups is 1. The zero-order chi connectivity index (χ0) is 22.4. The number of H-pyrrole nitrogens is 1. The topological polar surface area (TPSA) is 118 Å². The summed E-state index contributed by atoms with van der Waals surface area (Å²) in [6.07, 6.45) is 3.77. The van der Waals surface area contributed by atoms with E-state index in [0.717, 1.165) is 6.42 Å². The number of unbranched alkanes of at least 4 members (excludes halogenated alkanes) is 1. The Morgan fingerprint density at radius 3 is 2.40 bits per heavy atom. The van der Waals surface area contributed by atoms with Gasteiger partial charge in [0.2, 0.25) is 0 Å². The van der Waals surface area contributed by atoms with Gasteiger partial charge in [-0.15, -0.1) is 0 Å². The number of amides is 1. The summed E-state index contributed by atoms with van der Waals surface area (Å²) in [5.74, 6) is -0.126. The smallest absolute Gasteiger partial charge is 0.330 e. The van der Waals surface area contributed by atoms with Gasteiger partial charge in [0, 0.05) is 40.6 Å². The van der Waals surface area contributed by atoms with Crippen LogP contribution < -0.4 is 21.9 Å². The lowest BCUT2D eigenvalue weighted by atomic mass is 10.1. The van der Waals surface area contributed by atoms with E-state index in [0.29, 0.717) is 29.8 Å². The summed E-state index contributed by atoms with van der Waals surface area (Å²) in [5.41, 5.74) is 5.28. The Morgan fingerprint density at radius 2 is 1.87 bits per heavy atom. The maximum atomic E-state index is 13.3. The molecule has 8 nitrogen and oxygen atoms in total. The first kappa shape index (κ1) is 23.6. The van der Waals surface area contributed by atoms with Crippen LogP contribution in [0.3, 0.4) is 0 Å². The molecule has 164 valence electrons. The molecule has 0 radical (unpaired) electrons. The van der Waals surface area contributed by atoms with Crippen LogP contribution in [0.1, 0.15) is 50.4 Å². The van der Waals surface area contributed by atoms with Gasteiger partial charge in [-0.25, -0.2) is 4.79 Å². The van der Waals surface area contributed by atoms with Crippen molar-refractivity contribution in [2.45, 2.75) is 51.5 Å². The highest BCUT2D eigenvalue weighted by molar-refractivity contribution is 7.84. The number of carbonyl (C=O) groups excluding carboxylic acids is 1. The molecule has 3 N–H and O–H groups in total. The highest BCUT2D eigenvalue weighted by Gasteiger charge is 2.25. The summed E-state index contributed by atoms with van der Waals surface area (Å²) in [6.45, 7) is 6.65. The molecule has 0 saturated carbocycles. The van der Waals surface area contributed by atoms with Crippen LogP contribution in [0.15, 0.2) is 38.8 Å². The van der Waals surface area contributed by atoms with Gasteiger partial charge in [-0.2, -0.15) is 0 Å². The number of hydrogen-bond donors (Lipinski definition) is 2. The lowest BCUT2D eigenvalue weighted by Crippen LogP contribution is -2.42. The first-order valence-corrected chi connectivity index (χ1v) is 11.6. The predicted octanol–water partition coefficient (Wildman–Crippen LogP) is 2.35. The highest BCUT2D eigenvalue weighted by atomic mass is 32.2. The normalized spacial score (nSPS) is 12.2. The van der Waals surface area contributed by atoms with Crippen LogP contribution in [0.25, 0.3) is 0 Å². The van der Waals surface area contributed by atoms with Crippen LogP contribution >= 0.6 is 0 Å². The van der Waals surface area contributed by atoms with E-state index in [-0.39, 0.29) is 24.0 Å². The van der Waals surface area contributed by atoms with E-state index in [4.69, 9.17) is 5.73 Å². The van der Waals surface area contributed by atoms with Crippen LogP contribution in [-0.2, 0) is 17.3 Å². The van der Waals surface area contributed by atoms with E-state index in [1.165, 1.54) is 9.47 Å². The molecule has 1 heterocycles. The van der Waals surface area contributed by atoms with Crippen molar-refractivity contribution in [3.63, 3.8) is 0 Å². The van der Waals surface area contributed by atoms with E-state index in [2.05, 4.69) is 4.98 Å². The minimum Gasteiger partial charge on any atom is -0.383 e. The number of nitrogens with one attached hydrogen (secondary N) is 1. The Bertz CT molecular complexity index is 1020. The van der Waals surface area contributed by atoms with Crippen molar-refractivity contribution in [2.75, 3.05) is 23.4 Å². The van der Waals surface area contributed by atoms with Crippen LogP contribution in [0.4, 0.5) is 11.5 Å². The average molecular weight is 435 g/mol. The summed E-state index contributed by atoms with van der Waals surface area (Å²) in [6, 6.07) is 6.41. The maximum Gasteiger partial charge on any atom is 0.330 e. The number of aromatic amines is 1. The van der Waals surface area contributed by atoms with Crippen molar-refractivity contribution in [1.29, 1.82) is 0 Å². The number of aromatic nitrogens is 2. The summed E-state index contributed by atoms with van der Waals surface area (Å²) >= 11 is 0. The SMILES string of the molecule is CCCCn1c(N)c(N(CCC(C)C)C(=O)c2ccc(S(C)=O)cc2)c(=O)[nH]c1=O. The van der Waals surface area contributed by atoms with E-state index in [9.17, 15) is 18.6 Å². The summed E-state index contributed by atoms with van der Waals surface area (Å²) in [5, 5.41) is 0. The lowest BCUT2D eigenvalue weighted by molar-refractivity contribution is 0.0985. The molecule has 0 aliphatic rings. The molecule has 0 aliphatic heterocycles. The van der Waals surface area contributed by atoms with Crippen molar-refractivity contribution < 1.29 is 9.00 Å². The van der Waals surface area contributed by atoms with Gasteiger partial charge in [0.1, 0.15) is 5.82 Å². The van der Waals surface area contributed by atoms with Crippen molar-refractivity contribution in [2.24, 2.45) is 5.92 Å². The molecule has 1 aromatic heterocycles. The monoisotopic (exact) mass is 434 g/mol. The zero-order valence-corrected chi connectivity index (χ0v) is 18.8. The van der Waals surface area contributed by atoms with Gasteiger partial charge in [-0.05, 0) is 43.0 Å². The number of benzene rings is 1. The molecular weight excluding hydrogens is 404 g/mol. The molecule has 0 fully saturated rings. The van der Waals surface area contributed by atoms with E-state index in [1.807, 2.05) is 20.8 Å². The highest BCUT2D eigenvalue weighted by Crippen LogP contribution is 2.21. The molecule has 30 heavy (non-hydrogen) atoms. The second kappa shape index (κ2) is 10.4. The lowest BCUT2D eigenvalue weighted by Gasteiger charge is -2.25. The molecule has 1 amide bonds. The number of anilines is 2. The quantitative estimate of drug-likeness (QED) is 0.628. The van der Waals surface area contributed by atoms with Gasteiger partial charge >= 0.3 is 5.69 Å². The van der Waals surface area contributed by atoms with Gasteiger partial charge in [0.15, 0.2) is 5.69 Å². The molecule has 0 bridgehead atoms. The molecule has 0 aliphatic carbocycles. The van der Waals surface area contributed by atoms with Gasteiger partial charge < -0.3 is 10.6 Å². The van der Waals surface area contributed by atoms with Crippen molar-refractivity contribution in [3.05, 3.63) is 50.7 Å². The summed E-state index contributed by atoms with van der Waals surface area (Å²) < 4.78 is 12.9. The fraction of sp³-hybridized carbons (Fsp3) is 0.476. The third-order valence-electron chi connectivity index (χ3n) is 4.83.